The molecule has 1 saturated heterocycles. The summed E-state index contributed by atoms with van der Waals surface area (Å²) in [7, 11) is 0. The summed E-state index contributed by atoms with van der Waals surface area (Å²) in [6.45, 7) is 4.73. The van der Waals surface area contributed by atoms with Crippen molar-refractivity contribution in [2.24, 2.45) is 11.8 Å². The van der Waals surface area contributed by atoms with Crippen LogP contribution >= 0.6 is 0 Å². The molecule has 0 aromatic rings. The predicted molar refractivity (Wildman–Crippen MR) is 42.9 cm³/mol. The van der Waals surface area contributed by atoms with E-state index in [9.17, 15) is 0 Å². The quantitative estimate of drug-likeness (QED) is 0.559. The molecule has 0 N–H and O–H groups in total. The van der Waals surface area contributed by atoms with Crippen LogP contribution in [0.25, 0.3) is 0 Å². The van der Waals surface area contributed by atoms with Gasteiger partial charge in [-0.1, -0.05) is 0 Å². The second kappa shape index (κ2) is 3.63. The Morgan fingerprint density at radius 3 is 2.11 bits per heavy atom. The molecule has 1 heterocycles. The Morgan fingerprint density at radius 1 is 1.22 bits per heavy atom. The molecule has 0 atom stereocenters. The van der Waals surface area contributed by atoms with Crippen molar-refractivity contribution < 1.29 is 0 Å². The van der Waals surface area contributed by atoms with Crippen LogP contribution in [0.1, 0.15) is 26.7 Å². The molecule has 9 heavy (non-hydrogen) atoms. The van der Waals surface area contributed by atoms with Crippen LogP contribution in [-0.4, -0.2) is 15.0 Å². The summed E-state index contributed by atoms with van der Waals surface area (Å²) >= 11 is 1.02. The van der Waals surface area contributed by atoms with Gasteiger partial charge in [-0.05, 0) is 0 Å². The maximum atomic E-state index is 2.36. The van der Waals surface area contributed by atoms with Crippen molar-refractivity contribution in [3.8, 4) is 0 Å². The molecule has 0 bridgehead atoms. The van der Waals surface area contributed by atoms with Crippen LogP contribution in [0.5, 0.6) is 0 Å². The molecule has 1 fully saturated rings. The minimum absolute atomic E-state index is 0.945. The summed E-state index contributed by atoms with van der Waals surface area (Å²) in [5.74, 6) is 2.02. The van der Waals surface area contributed by atoms with Crippen molar-refractivity contribution in [1.29, 1.82) is 0 Å². The Hall–Kier alpha value is 0.519. The molecule has 54 valence electrons. The van der Waals surface area contributed by atoms with Gasteiger partial charge >= 0.3 is 64.1 Å². The van der Waals surface area contributed by atoms with E-state index in [4.69, 9.17) is 0 Å². The average molecular weight is 191 g/mol. The third kappa shape index (κ3) is 2.31. The molecule has 0 unspecified atom stereocenters. The fourth-order valence-electron chi connectivity index (χ4n) is 1.38. The summed E-state index contributed by atoms with van der Waals surface area (Å²) < 4.78 is 0. The average Bonchev–Trinajstić information content (AvgIpc) is 1.90. The number of rotatable bonds is 1. The van der Waals surface area contributed by atoms with Crippen molar-refractivity contribution >= 4 is 15.0 Å². The van der Waals surface area contributed by atoms with Gasteiger partial charge in [-0.2, -0.15) is 0 Å². The summed E-state index contributed by atoms with van der Waals surface area (Å²) in [5.41, 5.74) is 0. The fraction of sp³-hybridized carbons (Fsp3) is 1.00. The molecule has 0 aromatic carbocycles. The van der Waals surface area contributed by atoms with Crippen LogP contribution < -0.4 is 0 Å². The van der Waals surface area contributed by atoms with E-state index in [1.165, 1.54) is 12.8 Å². The van der Waals surface area contributed by atoms with Crippen molar-refractivity contribution in [2.75, 3.05) is 0 Å². The van der Waals surface area contributed by atoms with Gasteiger partial charge in [0.1, 0.15) is 0 Å². The van der Waals surface area contributed by atoms with Gasteiger partial charge in [-0.15, -0.1) is 0 Å². The van der Waals surface area contributed by atoms with E-state index in [1.807, 2.05) is 0 Å². The van der Waals surface area contributed by atoms with Gasteiger partial charge in [-0.3, -0.25) is 0 Å². The van der Waals surface area contributed by atoms with Crippen LogP contribution in [0.2, 0.25) is 10.6 Å². The van der Waals surface area contributed by atoms with E-state index in [1.54, 1.807) is 10.6 Å². The van der Waals surface area contributed by atoms with E-state index < -0.39 is 0 Å². The molecular weight excluding hydrogens is 175 g/mol. The first-order valence-electron chi connectivity index (χ1n) is 3.88. The molecule has 1 aliphatic rings. The summed E-state index contributed by atoms with van der Waals surface area (Å²) in [6, 6.07) is 0. The Morgan fingerprint density at radius 2 is 1.78 bits per heavy atom. The van der Waals surface area contributed by atoms with E-state index in [2.05, 4.69) is 13.8 Å². The van der Waals surface area contributed by atoms with Gasteiger partial charge in [0, 0.05) is 0 Å². The first kappa shape index (κ1) is 7.62. The normalized spacial score (nSPS) is 23.0. The zero-order chi connectivity index (χ0) is 6.69. The molecule has 0 aromatic heterocycles. The van der Waals surface area contributed by atoms with Crippen molar-refractivity contribution in [3.63, 3.8) is 0 Å². The minimum atomic E-state index is 0.945. The van der Waals surface area contributed by atoms with Crippen LogP contribution in [0.4, 0.5) is 0 Å². The van der Waals surface area contributed by atoms with Gasteiger partial charge in [0.25, 0.3) is 0 Å². The van der Waals surface area contributed by atoms with Crippen molar-refractivity contribution in [3.05, 3.63) is 0 Å². The monoisotopic (exact) mass is 192 g/mol. The Balaban J connectivity index is 2.23. The second-order valence-corrected chi connectivity index (χ2v) is 5.76. The van der Waals surface area contributed by atoms with Gasteiger partial charge in [0.15, 0.2) is 0 Å². The van der Waals surface area contributed by atoms with Gasteiger partial charge in [-0.25, -0.2) is 0 Å². The molecular formula is C8H16Se. The van der Waals surface area contributed by atoms with Crippen LogP contribution in [0, 0.1) is 11.8 Å². The van der Waals surface area contributed by atoms with E-state index in [0.717, 1.165) is 26.8 Å². The van der Waals surface area contributed by atoms with E-state index in [-0.39, 0.29) is 0 Å². The summed E-state index contributed by atoms with van der Waals surface area (Å²) in [5, 5.41) is 3.10. The third-order valence-electron chi connectivity index (χ3n) is 2.21. The number of hydrogen-bond donors (Lipinski definition) is 0. The third-order valence-corrected chi connectivity index (χ3v) is 4.41. The molecule has 0 saturated carbocycles. The molecule has 1 heteroatoms. The second-order valence-electron chi connectivity index (χ2n) is 3.19. The number of hydrogen-bond acceptors (Lipinski definition) is 0. The van der Waals surface area contributed by atoms with Crippen molar-refractivity contribution in [2.45, 2.75) is 37.3 Å². The molecule has 0 nitrogen and oxygen atoms in total. The predicted octanol–water partition coefficient (Wildman–Crippen LogP) is 2.59. The Kier molecular flexibility index (Phi) is 3.08. The standard InChI is InChI=1S/C8H16Se/c1-7(2)8-3-5-9-6-4-8/h7-8H,3-6H2,1-2H3. The SMILES string of the molecule is CC(C)C1CC[Se]CC1. The van der Waals surface area contributed by atoms with Crippen molar-refractivity contribution in [1.82, 2.24) is 0 Å². The molecule has 1 aliphatic heterocycles. The Labute approximate surface area is 64.6 Å². The molecule has 1 rings (SSSR count). The summed E-state index contributed by atoms with van der Waals surface area (Å²) in [4.78, 5) is 0. The maximum absolute atomic E-state index is 2.36. The molecule has 0 aliphatic carbocycles. The van der Waals surface area contributed by atoms with Crippen LogP contribution in [-0.2, 0) is 0 Å². The molecule has 0 amide bonds. The van der Waals surface area contributed by atoms with Crippen LogP contribution in [0.3, 0.4) is 0 Å². The molecule has 0 spiro atoms. The van der Waals surface area contributed by atoms with E-state index in [0.29, 0.717) is 0 Å². The van der Waals surface area contributed by atoms with Gasteiger partial charge in [0.2, 0.25) is 0 Å². The van der Waals surface area contributed by atoms with Gasteiger partial charge < -0.3 is 0 Å². The topological polar surface area (TPSA) is 0 Å². The first-order valence-corrected chi connectivity index (χ1v) is 6.30. The zero-order valence-electron chi connectivity index (χ0n) is 6.39. The fourth-order valence-corrected chi connectivity index (χ4v) is 3.78. The van der Waals surface area contributed by atoms with E-state index >= 15 is 0 Å². The Bertz CT molecular complexity index is 72.6. The molecule has 0 radical (unpaired) electrons. The van der Waals surface area contributed by atoms with Crippen LogP contribution in [0.15, 0.2) is 0 Å². The van der Waals surface area contributed by atoms with Gasteiger partial charge in [0.05, 0.1) is 0 Å². The first-order chi connectivity index (χ1) is 4.30. The summed E-state index contributed by atoms with van der Waals surface area (Å²) in [6.07, 6.45) is 3.05. The zero-order valence-corrected chi connectivity index (χ0v) is 8.10.